The van der Waals surface area contributed by atoms with Crippen LogP contribution in [0.2, 0.25) is 0 Å². The summed E-state index contributed by atoms with van der Waals surface area (Å²) in [7, 11) is 0. The Morgan fingerprint density at radius 1 is 1.32 bits per heavy atom. The van der Waals surface area contributed by atoms with Crippen LogP contribution in [0.15, 0.2) is 18.2 Å². The number of carbonyl (C=O) groups excluding carboxylic acids is 1. The topological polar surface area (TPSA) is 62.2 Å². The number of ether oxygens (including phenoxy) is 1. The van der Waals surface area contributed by atoms with E-state index >= 15 is 0 Å². The number of benzene rings is 1. The van der Waals surface area contributed by atoms with Gasteiger partial charge in [0.1, 0.15) is 5.60 Å². The third-order valence-corrected chi connectivity index (χ3v) is 2.00. The van der Waals surface area contributed by atoms with Gasteiger partial charge in [0, 0.05) is 11.8 Å². The molecule has 1 aromatic carbocycles. The average molecular weight is 264 g/mol. The van der Waals surface area contributed by atoms with Crippen molar-refractivity contribution in [3.05, 3.63) is 29.3 Å². The Hall–Kier alpha value is -1.84. The predicted octanol–water partition coefficient (Wildman–Crippen LogP) is 4.37. The first-order valence-corrected chi connectivity index (χ1v) is 6.43. The summed E-state index contributed by atoms with van der Waals surface area (Å²) in [5, 5.41) is 9.92. The molecule has 0 heterocycles. The molecule has 0 atom stereocenters. The molecule has 2 N–H and O–H groups in total. The minimum atomic E-state index is -0.528. The van der Waals surface area contributed by atoms with E-state index in [1.54, 1.807) is 26.8 Å². The van der Waals surface area contributed by atoms with Gasteiger partial charge in [-0.3, -0.25) is 5.32 Å². The van der Waals surface area contributed by atoms with E-state index in [0.29, 0.717) is 11.3 Å². The maximum absolute atomic E-state index is 11.6. The second-order valence-electron chi connectivity index (χ2n) is 4.86. The van der Waals surface area contributed by atoms with E-state index < -0.39 is 11.7 Å². The molecule has 1 amide bonds. The van der Waals surface area contributed by atoms with Crippen LogP contribution in [0.1, 0.15) is 45.7 Å². The molecule has 0 saturated heterocycles. The van der Waals surface area contributed by atoms with E-state index in [-0.39, 0.29) is 0 Å². The number of amides is 1. The SMILES string of the molecule is CC.Cc1ccc(NC(=O)OC(C)(C)C)c(C=N)c1. The Morgan fingerprint density at radius 3 is 2.37 bits per heavy atom. The zero-order valence-corrected chi connectivity index (χ0v) is 12.6. The first kappa shape index (κ1) is 17.2. The van der Waals surface area contributed by atoms with Crippen molar-refractivity contribution >= 4 is 18.0 Å². The average Bonchev–Trinajstić information content (AvgIpc) is 2.31. The highest BCUT2D eigenvalue weighted by atomic mass is 16.6. The van der Waals surface area contributed by atoms with Crippen LogP contribution in [-0.4, -0.2) is 17.9 Å². The van der Waals surface area contributed by atoms with E-state index in [2.05, 4.69) is 5.32 Å². The van der Waals surface area contributed by atoms with Gasteiger partial charge in [-0.25, -0.2) is 4.79 Å². The van der Waals surface area contributed by atoms with Gasteiger partial charge in [-0.1, -0.05) is 25.5 Å². The first-order valence-electron chi connectivity index (χ1n) is 6.43. The third kappa shape index (κ3) is 6.60. The summed E-state index contributed by atoms with van der Waals surface area (Å²) < 4.78 is 5.15. The molecular weight excluding hydrogens is 240 g/mol. The van der Waals surface area contributed by atoms with Crippen molar-refractivity contribution in [3.63, 3.8) is 0 Å². The van der Waals surface area contributed by atoms with E-state index in [1.807, 2.05) is 32.9 Å². The highest BCUT2D eigenvalue weighted by molar-refractivity contribution is 5.94. The normalized spacial score (nSPS) is 10.0. The second-order valence-corrected chi connectivity index (χ2v) is 4.86. The molecule has 1 rings (SSSR count). The van der Waals surface area contributed by atoms with Crippen molar-refractivity contribution in [2.75, 3.05) is 5.32 Å². The van der Waals surface area contributed by atoms with Gasteiger partial charge >= 0.3 is 6.09 Å². The molecule has 0 aliphatic rings. The molecule has 0 spiro atoms. The number of nitrogens with one attached hydrogen (secondary N) is 2. The third-order valence-electron chi connectivity index (χ3n) is 2.00. The number of aryl methyl sites for hydroxylation is 1. The molecule has 0 unspecified atom stereocenters. The maximum Gasteiger partial charge on any atom is 0.412 e. The summed E-state index contributed by atoms with van der Waals surface area (Å²) in [6.07, 6.45) is 0.698. The molecule has 0 saturated carbocycles. The van der Waals surface area contributed by atoms with E-state index in [4.69, 9.17) is 10.1 Å². The Labute approximate surface area is 115 Å². The largest absolute Gasteiger partial charge is 0.444 e. The Morgan fingerprint density at radius 2 is 1.89 bits per heavy atom. The molecule has 19 heavy (non-hydrogen) atoms. The van der Waals surface area contributed by atoms with Gasteiger partial charge in [-0.05, 0) is 39.8 Å². The van der Waals surface area contributed by atoms with Crippen molar-refractivity contribution in [2.24, 2.45) is 0 Å². The molecule has 0 aliphatic heterocycles. The Kier molecular flexibility index (Phi) is 6.83. The fourth-order valence-corrected chi connectivity index (χ4v) is 1.33. The van der Waals surface area contributed by atoms with Crippen LogP contribution >= 0.6 is 0 Å². The number of rotatable bonds is 2. The second kappa shape index (κ2) is 7.56. The zero-order chi connectivity index (χ0) is 15.1. The molecule has 0 bridgehead atoms. The quantitative estimate of drug-likeness (QED) is 0.779. The Bertz CT molecular complexity index is 434. The van der Waals surface area contributed by atoms with Crippen molar-refractivity contribution in [1.29, 1.82) is 5.41 Å². The number of anilines is 1. The van der Waals surface area contributed by atoms with E-state index in [9.17, 15) is 4.79 Å². The zero-order valence-electron chi connectivity index (χ0n) is 12.6. The van der Waals surface area contributed by atoms with Crippen LogP contribution < -0.4 is 5.32 Å². The summed E-state index contributed by atoms with van der Waals surface area (Å²) in [4.78, 5) is 11.6. The molecule has 106 valence electrons. The van der Waals surface area contributed by atoms with Crippen molar-refractivity contribution in [3.8, 4) is 0 Å². The van der Waals surface area contributed by atoms with Gasteiger partial charge in [0.2, 0.25) is 0 Å². The van der Waals surface area contributed by atoms with Crippen LogP contribution in [-0.2, 0) is 4.74 Å². The summed E-state index contributed by atoms with van der Waals surface area (Å²) in [5.74, 6) is 0. The lowest BCUT2D eigenvalue weighted by Gasteiger charge is -2.20. The minimum Gasteiger partial charge on any atom is -0.444 e. The fraction of sp³-hybridized carbons (Fsp3) is 0.467. The molecule has 1 aromatic rings. The highest BCUT2D eigenvalue weighted by Crippen LogP contribution is 2.17. The standard InChI is InChI=1S/C13H18N2O2.C2H6/c1-9-5-6-11(10(7-9)8-14)15-12(16)17-13(2,3)4;1-2/h5-8,14H,1-4H3,(H,15,16);1-2H3. The summed E-state index contributed by atoms with van der Waals surface area (Å²) in [6.45, 7) is 11.3. The maximum atomic E-state index is 11.6. The van der Waals surface area contributed by atoms with Crippen LogP contribution in [0, 0.1) is 12.3 Å². The predicted molar refractivity (Wildman–Crippen MR) is 80.3 cm³/mol. The Balaban J connectivity index is 0.00000154. The molecular formula is C15H24N2O2. The molecule has 4 nitrogen and oxygen atoms in total. The monoisotopic (exact) mass is 264 g/mol. The van der Waals surface area contributed by atoms with Crippen LogP contribution in [0.3, 0.4) is 0 Å². The molecule has 4 heteroatoms. The van der Waals surface area contributed by atoms with E-state index in [1.165, 1.54) is 6.21 Å². The number of carbonyl (C=O) groups is 1. The van der Waals surface area contributed by atoms with Crippen LogP contribution in [0.4, 0.5) is 10.5 Å². The summed E-state index contributed by atoms with van der Waals surface area (Å²) in [6, 6.07) is 5.47. The smallest absolute Gasteiger partial charge is 0.412 e. The lowest BCUT2D eigenvalue weighted by molar-refractivity contribution is 0.0636. The van der Waals surface area contributed by atoms with Crippen LogP contribution in [0.5, 0.6) is 0 Å². The van der Waals surface area contributed by atoms with Gasteiger partial charge in [0.15, 0.2) is 0 Å². The van der Waals surface area contributed by atoms with Gasteiger partial charge in [-0.15, -0.1) is 0 Å². The number of hydrogen-bond donors (Lipinski definition) is 2. The van der Waals surface area contributed by atoms with Crippen molar-refractivity contribution in [2.45, 2.75) is 47.1 Å². The highest BCUT2D eigenvalue weighted by Gasteiger charge is 2.16. The fourth-order valence-electron chi connectivity index (χ4n) is 1.33. The van der Waals surface area contributed by atoms with Gasteiger partial charge in [-0.2, -0.15) is 0 Å². The molecule has 0 fully saturated rings. The van der Waals surface area contributed by atoms with Gasteiger partial charge in [0.25, 0.3) is 0 Å². The van der Waals surface area contributed by atoms with Gasteiger partial charge < -0.3 is 10.1 Å². The van der Waals surface area contributed by atoms with Crippen LogP contribution in [0.25, 0.3) is 0 Å². The van der Waals surface area contributed by atoms with Crippen molar-refractivity contribution in [1.82, 2.24) is 0 Å². The lowest BCUT2D eigenvalue weighted by atomic mass is 10.1. The lowest BCUT2D eigenvalue weighted by Crippen LogP contribution is -2.27. The minimum absolute atomic E-state index is 0.510. The first-order chi connectivity index (χ1) is 8.81. The molecule has 0 aromatic heterocycles. The molecule has 0 aliphatic carbocycles. The van der Waals surface area contributed by atoms with E-state index in [0.717, 1.165) is 5.56 Å². The number of hydrogen-bond acceptors (Lipinski definition) is 3. The van der Waals surface area contributed by atoms with Gasteiger partial charge in [0.05, 0.1) is 5.69 Å². The molecule has 0 radical (unpaired) electrons. The summed E-state index contributed by atoms with van der Waals surface area (Å²) in [5.41, 5.74) is 1.76. The van der Waals surface area contributed by atoms with Crippen molar-refractivity contribution < 1.29 is 9.53 Å². The summed E-state index contributed by atoms with van der Waals surface area (Å²) >= 11 is 0.